The molecule has 0 aliphatic carbocycles. The van der Waals surface area contributed by atoms with Crippen molar-refractivity contribution in [1.29, 1.82) is 0 Å². The Kier molecular flexibility index (Phi) is 2.97. The molecule has 0 radical (unpaired) electrons. The first-order chi connectivity index (χ1) is 8.79. The van der Waals surface area contributed by atoms with E-state index in [1.165, 1.54) is 11.1 Å². The first kappa shape index (κ1) is 11.6. The Labute approximate surface area is 106 Å². The van der Waals surface area contributed by atoms with E-state index >= 15 is 0 Å². The van der Waals surface area contributed by atoms with Crippen molar-refractivity contribution in [2.45, 2.75) is 6.04 Å². The maximum Gasteiger partial charge on any atom is 0.128 e. The van der Waals surface area contributed by atoms with Crippen molar-refractivity contribution in [2.75, 3.05) is 26.9 Å². The van der Waals surface area contributed by atoms with Crippen LogP contribution in [-0.2, 0) is 11.8 Å². The third-order valence-electron chi connectivity index (χ3n) is 3.53. The number of methoxy groups -OCH3 is 1. The fourth-order valence-electron chi connectivity index (χ4n) is 2.51. The van der Waals surface area contributed by atoms with Crippen LogP contribution in [0.3, 0.4) is 0 Å². The minimum absolute atomic E-state index is 0.256. The van der Waals surface area contributed by atoms with Crippen molar-refractivity contribution in [3.8, 4) is 5.75 Å². The normalized spacial score (nSPS) is 20.2. The molecule has 1 atom stereocenters. The van der Waals surface area contributed by atoms with Crippen LogP contribution in [0, 0.1) is 0 Å². The van der Waals surface area contributed by atoms with Crippen molar-refractivity contribution in [1.82, 2.24) is 9.88 Å². The van der Waals surface area contributed by atoms with Crippen molar-refractivity contribution in [2.24, 2.45) is 7.05 Å². The van der Waals surface area contributed by atoms with Crippen molar-refractivity contribution < 1.29 is 9.47 Å². The number of ether oxygens (including phenoxy) is 2. The number of aromatic nitrogens is 1. The van der Waals surface area contributed by atoms with E-state index in [0.717, 1.165) is 30.9 Å². The standard InChI is InChI=1S/C14H18N2O2/c1-16-5-3-11-13(16)7-10(8-14(11)17-2)12-9-18-6-4-15-12/h3,5,7-8,12,15H,4,6,9H2,1-2H3. The van der Waals surface area contributed by atoms with Gasteiger partial charge in [0.1, 0.15) is 5.75 Å². The van der Waals surface area contributed by atoms with E-state index in [4.69, 9.17) is 9.47 Å². The van der Waals surface area contributed by atoms with E-state index in [0.29, 0.717) is 0 Å². The summed E-state index contributed by atoms with van der Waals surface area (Å²) in [5, 5.41) is 4.63. The van der Waals surface area contributed by atoms with Gasteiger partial charge >= 0.3 is 0 Å². The Morgan fingerprint density at radius 1 is 1.44 bits per heavy atom. The van der Waals surface area contributed by atoms with Crippen molar-refractivity contribution >= 4 is 10.9 Å². The molecule has 1 aliphatic rings. The maximum atomic E-state index is 5.52. The minimum atomic E-state index is 0.256. The van der Waals surface area contributed by atoms with Crippen LogP contribution < -0.4 is 10.1 Å². The zero-order valence-electron chi connectivity index (χ0n) is 10.8. The predicted octanol–water partition coefficient (Wildman–Crippen LogP) is 1.85. The molecule has 1 aliphatic heterocycles. The zero-order chi connectivity index (χ0) is 12.5. The summed E-state index contributed by atoms with van der Waals surface area (Å²) in [6.07, 6.45) is 2.06. The van der Waals surface area contributed by atoms with Gasteiger partial charge in [0, 0.05) is 25.2 Å². The van der Waals surface area contributed by atoms with Gasteiger partial charge in [0.15, 0.2) is 0 Å². The number of fused-ring (bicyclic) bond motifs is 1. The number of rotatable bonds is 2. The second-order valence-corrected chi connectivity index (χ2v) is 4.66. The molecule has 3 rings (SSSR count). The lowest BCUT2D eigenvalue weighted by molar-refractivity contribution is 0.0768. The average molecular weight is 246 g/mol. The highest BCUT2D eigenvalue weighted by atomic mass is 16.5. The Hall–Kier alpha value is -1.52. The molecule has 2 aromatic rings. The van der Waals surface area contributed by atoms with Crippen LogP contribution in [0.2, 0.25) is 0 Å². The third kappa shape index (κ3) is 1.87. The molecule has 0 saturated carbocycles. The summed E-state index contributed by atoms with van der Waals surface area (Å²) in [5.74, 6) is 0.926. The summed E-state index contributed by atoms with van der Waals surface area (Å²) in [4.78, 5) is 0. The van der Waals surface area contributed by atoms with Crippen molar-refractivity contribution in [3.05, 3.63) is 30.0 Å². The number of aryl methyl sites for hydroxylation is 1. The number of nitrogens with one attached hydrogen (secondary N) is 1. The molecule has 2 heterocycles. The zero-order valence-corrected chi connectivity index (χ0v) is 10.8. The molecule has 18 heavy (non-hydrogen) atoms. The smallest absolute Gasteiger partial charge is 0.128 e. The quantitative estimate of drug-likeness (QED) is 0.878. The molecule has 0 amide bonds. The number of benzene rings is 1. The van der Waals surface area contributed by atoms with Gasteiger partial charge in [0.05, 0.1) is 31.9 Å². The molecule has 1 aromatic heterocycles. The molecule has 1 unspecified atom stereocenters. The van der Waals surface area contributed by atoms with Gasteiger partial charge in [-0.25, -0.2) is 0 Å². The topological polar surface area (TPSA) is 35.4 Å². The molecule has 96 valence electrons. The van der Waals surface area contributed by atoms with Gasteiger partial charge in [0.2, 0.25) is 0 Å². The SMILES string of the molecule is COc1cc(C2COCCN2)cc2c1ccn2C. The van der Waals surface area contributed by atoms with E-state index in [1.54, 1.807) is 7.11 Å². The monoisotopic (exact) mass is 246 g/mol. The second kappa shape index (κ2) is 4.63. The van der Waals surface area contributed by atoms with Crippen LogP contribution >= 0.6 is 0 Å². The third-order valence-corrected chi connectivity index (χ3v) is 3.53. The number of nitrogens with zero attached hydrogens (tertiary/aromatic N) is 1. The molecule has 1 N–H and O–H groups in total. The molecular formula is C14H18N2O2. The average Bonchev–Trinajstić information content (AvgIpc) is 2.81. The lowest BCUT2D eigenvalue weighted by atomic mass is 10.0. The first-order valence-corrected chi connectivity index (χ1v) is 6.23. The van der Waals surface area contributed by atoms with Crippen LogP contribution in [0.1, 0.15) is 11.6 Å². The summed E-state index contributed by atoms with van der Waals surface area (Å²) in [7, 11) is 3.77. The van der Waals surface area contributed by atoms with Crippen LogP contribution in [0.4, 0.5) is 0 Å². The van der Waals surface area contributed by atoms with E-state index in [-0.39, 0.29) is 6.04 Å². The summed E-state index contributed by atoms with van der Waals surface area (Å²) < 4.78 is 13.1. The highest BCUT2D eigenvalue weighted by Crippen LogP contribution is 2.31. The lowest BCUT2D eigenvalue weighted by Crippen LogP contribution is -2.34. The van der Waals surface area contributed by atoms with Crippen molar-refractivity contribution in [3.63, 3.8) is 0 Å². The molecule has 0 spiro atoms. The van der Waals surface area contributed by atoms with Crippen LogP contribution in [0.25, 0.3) is 10.9 Å². The number of hydrogen-bond acceptors (Lipinski definition) is 3. The fourth-order valence-corrected chi connectivity index (χ4v) is 2.51. The lowest BCUT2D eigenvalue weighted by Gasteiger charge is -2.24. The molecule has 4 nitrogen and oxygen atoms in total. The van der Waals surface area contributed by atoms with Gasteiger partial charge in [-0.15, -0.1) is 0 Å². The summed E-state index contributed by atoms with van der Waals surface area (Å²) in [6, 6.07) is 6.66. The maximum absolute atomic E-state index is 5.52. The molecule has 1 saturated heterocycles. The Balaban J connectivity index is 2.08. The van der Waals surface area contributed by atoms with E-state index < -0.39 is 0 Å². The van der Waals surface area contributed by atoms with E-state index in [2.05, 4.69) is 41.3 Å². The van der Waals surface area contributed by atoms with Gasteiger partial charge in [-0.3, -0.25) is 0 Å². The van der Waals surface area contributed by atoms with Crippen LogP contribution in [-0.4, -0.2) is 31.4 Å². The summed E-state index contributed by atoms with van der Waals surface area (Å²) in [5.41, 5.74) is 2.41. The van der Waals surface area contributed by atoms with Gasteiger partial charge < -0.3 is 19.4 Å². The fraction of sp³-hybridized carbons (Fsp3) is 0.429. The van der Waals surface area contributed by atoms with Crippen LogP contribution in [0.15, 0.2) is 24.4 Å². The van der Waals surface area contributed by atoms with Gasteiger partial charge in [-0.1, -0.05) is 0 Å². The molecular weight excluding hydrogens is 228 g/mol. The molecule has 1 aromatic carbocycles. The second-order valence-electron chi connectivity index (χ2n) is 4.66. The molecule has 0 bridgehead atoms. The minimum Gasteiger partial charge on any atom is -0.496 e. The van der Waals surface area contributed by atoms with E-state index in [9.17, 15) is 0 Å². The summed E-state index contributed by atoms with van der Waals surface area (Å²) in [6.45, 7) is 2.41. The first-order valence-electron chi connectivity index (χ1n) is 6.23. The number of morpholine rings is 1. The predicted molar refractivity (Wildman–Crippen MR) is 71.0 cm³/mol. The van der Waals surface area contributed by atoms with Crippen LogP contribution in [0.5, 0.6) is 5.75 Å². The largest absolute Gasteiger partial charge is 0.496 e. The van der Waals surface area contributed by atoms with Gasteiger partial charge in [-0.2, -0.15) is 0 Å². The number of hydrogen-bond donors (Lipinski definition) is 1. The molecule has 4 heteroatoms. The Bertz CT molecular complexity index is 556. The highest BCUT2D eigenvalue weighted by molar-refractivity contribution is 5.87. The Morgan fingerprint density at radius 3 is 3.06 bits per heavy atom. The van der Waals surface area contributed by atoms with Gasteiger partial charge in [-0.05, 0) is 23.8 Å². The summed E-state index contributed by atoms with van der Waals surface area (Å²) >= 11 is 0. The highest BCUT2D eigenvalue weighted by Gasteiger charge is 2.18. The van der Waals surface area contributed by atoms with E-state index in [1.807, 2.05) is 0 Å². The Morgan fingerprint density at radius 2 is 2.33 bits per heavy atom. The molecule has 1 fully saturated rings. The van der Waals surface area contributed by atoms with Gasteiger partial charge in [0.25, 0.3) is 0 Å².